The lowest BCUT2D eigenvalue weighted by Crippen LogP contribution is -2.43. The van der Waals surface area contributed by atoms with E-state index in [1.54, 1.807) is 12.1 Å². The van der Waals surface area contributed by atoms with Crippen molar-refractivity contribution in [3.63, 3.8) is 0 Å². The Labute approximate surface area is 153 Å². The van der Waals surface area contributed by atoms with Crippen LogP contribution in [0.4, 0.5) is 11.4 Å². The lowest BCUT2D eigenvalue weighted by atomic mass is 10.2. The molecule has 2 rings (SSSR count). The number of nitrogens with zero attached hydrogens (tertiary/aromatic N) is 1. The summed E-state index contributed by atoms with van der Waals surface area (Å²) < 4.78 is 5.17. The summed E-state index contributed by atoms with van der Waals surface area (Å²) in [5, 5.41) is 13.1. The number of non-ortho nitro benzene ring substituents is 1. The summed E-state index contributed by atoms with van der Waals surface area (Å²) in [7, 11) is 0. The topological polar surface area (TPSA) is 140 Å². The van der Waals surface area contributed by atoms with Crippen molar-refractivity contribution in [3.05, 3.63) is 64.2 Å². The van der Waals surface area contributed by atoms with Gasteiger partial charge in [0.25, 0.3) is 17.5 Å². The number of nitro groups is 1. The van der Waals surface area contributed by atoms with Gasteiger partial charge in [-0.25, -0.2) is 0 Å². The maximum atomic E-state index is 11.9. The molecule has 0 aliphatic rings. The molecule has 10 nitrogen and oxygen atoms in total. The molecule has 2 aromatic carbocycles. The van der Waals surface area contributed by atoms with Gasteiger partial charge in [0.05, 0.1) is 4.92 Å². The maximum absolute atomic E-state index is 11.9. The second-order valence-electron chi connectivity index (χ2n) is 5.30. The van der Waals surface area contributed by atoms with Crippen LogP contribution in [0.5, 0.6) is 5.75 Å². The van der Waals surface area contributed by atoms with E-state index < -0.39 is 16.7 Å². The fourth-order valence-corrected chi connectivity index (χ4v) is 1.96. The van der Waals surface area contributed by atoms with Gasteiger partial charge >= 0.3 is 0 Å². The normalized spacial score (nSPS) is 9.81. The molecule has 3 N–H and O–H groups in total. The Morgan fingerprint density at radius 2 is 1.63 bits per heavy atom. The van der Waals surface area contributed by atoms with E-state index in [9.17, 15) is 24.5 Å². The molecule has 0 unspecified atom stereocenters. The highest BCUT2D eigenvalue weighted by molar-refractivity contribution is 5.96. The number of hydrazine groups is 1. The fraction of sp³-hybridized carbons (Fsp3) is 0.118. The van der Waals surface area contributed by atoms with Crippen molar-refractivity contribution in [1.82, 2.24) is 10.9 Å². The number of nitrogens with one attached hydrogen (secondary N) is 3. The summed E-state index contributed by atoms with van der Waals surface area (Å²) in [6.07, 6.45) is 0. The first-order chi connectivity index (χ1) is 12.8. The van der Waals surface area contributed by atoms with E-state index in [0.717, 1.165) is 0 Å². The molecule has 3 amide bonds. The standard InChI is InChI=1S/C17H16N4O6/c1-11(22)18-13-4-2-12(3-5-13)17(24)20-19-16(23)10-27-15-8-6-14(7-9-15)21(25)26/h2-9H,10H2,1H3,(H,18,22)(H,19,23)(H,20,24). The van der Waals surface area contributed by atoms with E-state index >= 15 is 0 Å². The van der Waals surface area contributed by atoms with Gasteiger partial charge in [-0.1, -0.05) is 0 Å². The molecule has 2 aromatic rings. The molecule has 0 aliphatic heterocycles. The van der Waals surface area contributed by atoms with Crippen molar-refractivity contribution >= 4 is 29.1 Å². The van der Waals surface area contributed by atoms with Crippen LogP contribution in [-0.2, 0) is 9.59 Å². The number of anilines is 1. The number of carbonyl (C=O) groups is 3. The van der Waals surface area contributed by atoms with Crippen LogP contribution in [0.15, 0.2) is 48.5 Å². The Morgan fingerprint density at radius 3 is 2.19 bits per heavy atom. The smallest absolute Gasteiger partial charge is 0.276 e. The van der Waals surface area contributed by atoms with Gasteiger partial charge in [0.15, 0.2) is 6.61 Å². The highest BCUT2D eigenvalue weighted by Gasteiger charge is 2.09. The van der Waals surface area contributed by atoms with Gasteiger partial charge in [-0.15, -0.1) is 0 Å². The zero-order valence-electron chi connectivity index (χ0n) is 14.2. The highest BCUT2D eigenvalue weighted by atomic mass is 16.6. The van der Waals surface area contributed by atoms with E-state index in [2.05, 4.69) is 16.2 Å². The van der Waals surface area contributed by atoms with Gasteiger partial charge < -0.3 is 10.1 Å². The monoisotopic (exact) mass is 372 g/mol. The molecule has 0 saturated carbocycles. The minimum absolute atomic E-state index is 0.0939. The van der Waals surface area contributed by atoms with Crippen molar-refractivity contribution in [2.45, 2.75) is 6.92 Å². The first-order valence-electron chi connectivity index (χ1n) is 7.69. The SMILES string of the molecule is CC(=O)Nc1ccc(C(=O)NNC(=O)COc2ccc([N+](=O)[O-])cc2)cc1. The summed E-state index contributed by atoms with van der Waals surface area (Å²) in [6, 6.07) is 11.3. The predicted molar refractivity (Wildman–Crippen MR) is 94.9 cm³/mol. The Bertz CT molecular complexity index is 849. The number of hydrogen-bond acceptors (Lipinski definition) is 6. The number of nitro benzene ring substituents is 1. The predicted octanol–water partition coefficient (Wildman–Crippen LogP) is 1.39. The van der Waals surface area contributed by atoms with Crippen LogP contribution < -0.4 is 20.9 Å². The molecule has 0 heterocycles. The van der Waals surface area contributed by atoms with E-state index in [-0.39, 0.29) is 29.5 Å². The highest BCUT2D eigenvalue weighted by Crippen LogP contribution is 2.17. The Kier molecular flexibility index (Phi) is 6.42. The van der Waals surface area contributed by atoms with Gasteiger partial charge in [-0.05, 0) is 36.4 Å². The molecule has 0 aromatic heterocycles. The molecule has 0 aliphatic carbocycles. The van der Waals surface area contributed by atoms with Crippen LogP contribution in [-0.4, -0.2) is 29.3 Å². The third kappa shape index (κ3) is 6.12. The number of carbonyl (C=O) groups excluding carboxylic acids is 3. The van der Waals surface area contributed by atoms with Gasteiger partial charge in [-0.2, -0.15) is 0 Å². The minimum Gasteiger partial charge on any atom is -0.484 e. The summed E-state index contributed by atoms with van der Waals surface area (Å²) in [5.41, 5.74) is 5.14. The lowest BCUT2D eigenvalue weighted by molar-refractivity contribution is -0.384. The van der Waals surface area contributed by atoms with Gasteiger partial charge in [0.1, 0.15) is 5.75 Å². The fourth-order valence-electron chi connectivity index (χ4n) is 1.96. The minimum atomic E-state index is -0.614. The number of benzene rings is 2. The molecule has 0 radical (unpaired) electrons. The number of rotatable bonds is 6. The van der Waals surface area contributed by atoms with Crippen molar-refractivity contribution < 1.29 is 24.0 Å². The Hall–Kier alpha value is -3.95. The van der Waals surface area contributed by atoms with E-state index in [1.165, 1.54) is 43.3 Å². The molecule has 0 spiro atoms. The largest absolute Gasteiger partial charge is 0.484 e. The zero-order chi connectivity index (χ0) is 19.8. The van der Waals surface area contributed by atoms with E-state index in [1.807, 2.05) is 0 Å². The van der Waals surface area contributed by atoms with Crippen LogP contribution in [0.2, 0.25) is 0 Å². The third-order valence-corrected chi connectivity index (χ3v) is 3.20. The van der Waals surface area contributed by atoms with Crippen LogP contribution >= 0.6 is 0 Å². The van der Waals surface area contributed by atoms with E-state index in [0.29, 0.717) is 5.69 Å². The Morgan fingerprint density at radius 1 is 1.00 bits per heavy atom. The zero-order valence-corrected chi connectivity index (χ0v) is 14.2. The first kappa shape index (κ1) is 19.4. The van der Waals surface area contributed by atoms with E-state index in [4.69, 9.17) is 4.74 Å². The molecule has 0 saturated heterocycles. The van der Waals surface area contributed by atoms with Crippen LogP contribution in [0.1, 0.15) is 17.3 Å². The molecule has 140 valence electrons. The molecule has 27 heavy (non-hydrogen) atoms. The van der Waals surface area contributed by atoms with Crippen LogP contribution in [0.3, 0.4) is 0 Å². The molecular formula is C17H16N4O6. The second kappa shape index (κ2) is 8.94. The van der Waals surface area contributed by atoms with Crippen LogP contribution in [0.25, 0.3) is 0 Å². The molecule has 0 bridgehead atoms. The molecule has 10 heteroatoms. The van der Waals surface area contributed by atoms with Crippen LogP contribution in [0, 0.1) is 10.1 Å². The number of hydrogen-bond donors (Lipinski definition) is 3. The summed E-state index contributed by atoms with van der Waals surface area (Å²) >= 11 is 0. The van der Waals surface area contributed by atoms with Gasteiger partial charge in [0.2, 0.25) is 5.91 Å². The summed E-state index contributed by atoms with van der Waals surface area (Å²) in [4.78, 5) is 44.6. The maximum Gasteiger partial charge on any atom is 0.276 e. The molecule has 0 fully saturated rings. The van der Waals surface area contributed by atoms with Crippen molar-refractivity contribution in [2.24, 2.45) is 0 Å². The quantitative estimate of drug-likeness (QED) is 0.517. The van der Waals surface area contributed by atoms with Gasteiger partial charge in [-0.3, -0.25) is 35.3 Å². The van der Waals surface area contributed by atoms with Gasteiger partial charge in [0, 0.05) is 30.3 Å². The second-order valence-corrected chi connectivity index (χ2v) is 5.30. The first-order valence-corrected chi connectivity index (χ1v) is 7.69. The third-order valence-electron chi connectivity index (χ3n) is 3.20. The summed E-state index contributed by atoms with van der Waals surface area (Å²) in [5.74, 6) is -1.12. The average Bonchev–Trinajstić information content (AvgIpc) is 2.65. The average molecular weight is 372 g/mol. The number of amides is 3. The summed E-state index contributed by atoms with van der Waals surface area (Å²) in [6.45, 7) is 0.981. The van der Waals surface area contributed by atoms with Crippen molar-refractivity contribution in [3.8, 4) is 5.75 Å². The van der Waals surface area contributed by atoms with Crippen molar-refractivity contribution in [1.29, 1.82) is 0 Å². The molecular weight excluding hydrogens is 356 g/mol. The lowest BCUT2D eigenvalue weighted by Gasteiger charge is -2.09. The number of ether oxygens (including phenoxy) is 1. The molecule has 0 atom stereocenters. The van der Waals surface area contributed by atoms with Crippen molar-refractivity contribution in [2.75, 3.05) is 11.9 Å². The Balaban J connectivity index is 1.78.